The molecule has 1 N–H and O–H groups in total. The maximum absolute atomic E-state index is 13.2. The van der Waals surface area contributed by atoms with Gasteiger partial charge in [-0.15, -0.1) is 0 Å². The first kappa shape index (κ1) is 32.6. The van der Waals surface area contributed by atoms with Gasteiger partial charge in [0.1, 0.15) is 5.60 Å². The number of H-pyrrole nitrogens is 1. The zero-order chi connectivity index (χ0) is 32.9. The maximum atomic E-state index is 13.2. The number of aromatic nitrogens is 2. The largest absolute Gasteiger partial charge is 0.469 e. The lowest BCUT2D eigenvalue weighted by Crippen LogP contribution is -2.41. The van der Waals surface area contributed by atoms with E-state index in [4.69, 9.17) is 18.9 Å². The van der Waals surface area contributed by atoms with Crippen molar-refractivity contribution in [2.24, 2.45) is 11.3 Å². The van der Waals surface area contributed by atoms with Crippen molar-refractivity contribution >= 4 is 11.9 Å². The average Bonchev–Trinajstić information content (AvgIpc) is 3.38. The number of ether oxygens (including phenoxy) is 4. The van der Waals surface area contributed by atoms with Crippen molar-refractivity contribution in [3.05, 3.63) is 141 Å². The molecule has 240 valence electrons. The summed E-state index contributed by atoms with van der Waals surface area (Å²) < 4.78 is 25.7. The normalized spacial score (nSPS) is 19.8. The minimum atomic E-state index is -1.17. The highest BCUT2D eigenvalue weighted by atomic mass is 16.6. The lowest BCUT2D eigenvalue weighted by molar-refractivity contribution is -0.167. The highest BCUT2D eigenvalue weighted by Crippen LogP contribution is 2.44. The highest BCUT2D eigenvalue weighted by Gasteiger charge is 2.51. The molecular weight excluding hydrogens is 588 g/mol. The van der Waals surface area contributed by atoms with E-state index in [0.29, 0.717) is 0 Å². The molecule has 2 heterocycles. The van der Waals surface area contributed by atoms with Gasteiger partial charge in [-0.05, 0) is 37.5 Å². The second-order valence-electron chi connectivity index (χ2n) is 12.2. The van der Waals surface area contributed by atoms with Crippen LogP contribution in [0.1, 0.15) is 50.1 Å². The van der Waals surface area contributed by atoms with Crippen LogP contribution in [0.15, 0.2) is 113 Å². The number of hydrogen-bond acceptors (Lipinski definition) is 8. The molecule has 0 amide bonds. The monoisotopic (exact) mass is 626 g/mol. The first-order chi connectivity index (χ1) is 22.0. The molecule has 0 radical (unpaired) electrons. The second-order valence-corrected chi connectivity index (χ2v) is 12.2. The Kier molecular flexibility index (Phi) is 9.69. The van der Waals surface area contributed by atoms with Gasteiger partial charge in [-0.2, -0.15) is 0 Å². The third-order valence-corrected chi connectivity index (χ3v) is 8.11. The lowest BCUT2D eigenvalue weighted by Gasteiger charge is -2.37. The topological polar surface area (TPSA) is 126 Å². The van der Waals surface area contributed by atoms with E-state index in [1.54, 1.807) is 20.8 Å². The smallest absolute Gasteiger partial charge is 0.330 e. The summed E-state index contributed by atoms with van der Waals surface area (Å²) in [6, 6.07) is 30.5. The number of rotatable bonds is 10. The van der Waals surface area contributed by atoms with Crippen molar-refractivity contribution in [1.29, 1.82) is 0 Å². The standard InChI is InChI=1S/C36H38N2O8/c1-35(2,3)33(41)46-31-27(22-30(40)43-4)28(45-32(31)38-21-20-29(39)37-34(38)42)23-44-36(24-14-8-5-9-15-24,25-16-10-6-11-17-25)26-18-12-7-13-19-26/h5-21,27-28,31-32H,22-23H2,1-4H3,(H,37,39,42)/t27-,28-,31+,32-/m1/s1. The van der Waals surface area contributed by atoms with Crippen LogP contribution in [0.2, 0.25) is 0 Å². The van der Waals surface area contributed by atoms with E-state index in [0.717, 1.165) is 21.3 Å². The number of benzene rings is 3. The SMILES string of the molecule is COC(=O)C[C@H]1[C@H](OC(=O)C(C)(C)C)[C@H](n2ccc(=O)[nH]c2=O)O[C@@H]1COC(c1ccccc1)(c1ccccc1)c1ccccc1. The summed E-state index contributed by atoms with van der Waals surface area (Å²) in [5, 5.41) is 0. The molecule has 4 aromatic rings. The van der Waals surface area contributed by atoms with Crippen molar-refractivity contribution in [1.82, 2.24) is 9.55 Å². The van der Waals surface area contributed by atoms with Crippen LogP contribution in [0, 0.1) is 11.3 Å². The van der Waals surface area contributed by atoms with Crippen LogP contribution in [0.25, 0.3) is 0 Å². The summed E-state index contributed by atoms with van der Waals surface area (Å²) in [6.45, 7) is 5.04. The van der Waals surface area contributed by atoms with E-state index >= 15 is 0 Å². The van der Waals surface area contributed by atoms with E-state index in [2.05, 4.69) is 4.98 Å². The van der Waals surface area contributed by atoms with Crippen LogP contribution in [0.5, 0.6) is 0 Å². The minimum Gasteiger partial charge on any atom is -0.469 e. The van der Waals surface area contributed by atoms with Gasteiger partial charge >= 0.3 is 17.6 Å². The van der Waals surface area contributed by atoms with Gasteiger partial charge in [-0.3, -0.25) is 23.9 Å². The quantitative estimate of drug-likeness (QED) is 0.200. The zero-order valence-electron chi connectivity index (χ0n) is 26.3. The number of hydrogen-bond donors (Lipinski definition) is 1. The molecule has 46 heavy (non-hydrogen) atoms. The molecule has 1 aromatic heterocycles. The van der Waals surface area contributed by atoms with E-state index < -0.39 is 58.6 Å². The summed E-state index contributed by atoms with van der Waals surface area (Å²) in [4.78, 5) is 53.1. The molecule has 0 unspecified atom stereocenters. The van der Waals surface area contributed by atoms with Gasteiger partial charge in [0.05, 0.1) is 31.7 Å². The maximum Gasteiger partial charge on any atom is 0.330 e. The van der Waals surface area contributed by atoms with Gasteiger partial charge in [-0.25, -0.2) is 4.79 Å². The summed E-state index contributed by atoms with van der Waals surface area (Å²) in [5.41, 5.74) is -0.759. The van der Waals surface area contributed by atoms with Gasteiger partial charge in [0.25, 0.3) is 5.56 Å². The van der Waals surface area contributed by atoms with Crippen LogP contribution >= 0.6 is 0 Å². The molecule has 1 saturated heterocycles. The Labute approximate surface area is 266 Å². The van der Waals surface area contributed by atoms with Crippen molar-refractivity contribution in [3.8, 4) is 0 Å². The van der Waals surface area contributed by atoms with Crippen LogP contribution < -0.4 is 11.2 Å². The molecule has 0 saturated carbocycles. The number of nitrogens with one attached hydrogen (secondary N) is 1. The molecule has 0 aliphatic carbocycles. The van der Waals surface area contributed by atoms with Crippen LogP contribution in [0.4, 0.5) is 0 Å². The first-order valence-corrected chi connectivity index (χ1v) is 15.1. The lowest BCUT2D eigenvalue weighted by atomic mass is 9.80. The highest BCUT2D eigenvalue weighted by molar-refractivity contribution is 5.76. The predicted octanol–water partition coefficient (Wildman–Crippen LogP) is 4.58. The summed E-state index contributed by atoms with van der Waals surface area (Å²) >= 11 is 0. The Balaban J connectivity index is 1.62. The summed E-state index contributed by atoms with van der Waals surface area (Å²) in [5.74, 6) is -1.87. The third-order valence-electron chi connectivity index (χ3n) is 8.11. The molecule has 4 atom stereocenters. The van der Waals surface area contributed by atoms with E-state index in [-0.39, 0.29) is 13.0 Å². The number of nitrogens with zero attached hydrogens (tertiary/aromatic N) is 1. The molecule has 1 aliphatic rings. The molecule has 0 spiro atoms. The van der Waals surface area contributed by atoms with Crippen LogP contribution in [-0.4, -0.2) is 47.4 Å². The second kappa shape index (κ2) is 13.7. The van der Waals surface area contributed by atoms with E-state index in [1.807, 2.05) is 91.0 Å². The summed E-state index contributed by atoms with van der Waals surface area (Å²) in [7, 11) is 1.27. The Hall–Kier alpha value is -4.80. The fraction of sp³-hybridized carbons (Fsp3) is 0.333. The zero-order valence-corrected chi connectivity index (χ0v) is 26.3. The Bertz CT molecular complexity index is 1650. The van der Waals surface area contributed by atoms with Gasteiger partial charge in [0.2, 0.25) is 0 Å². The van der Waals surface area contributed by atoms with E-state index in [1.165, 1.54) is 19.4 Å². The van der Waals surface area contributed by atoms with E-state index in [9.17, 15) is 19.2 Å². The number of aromatic amines is 1. The fourth-order valence-electron chi connectivity index (χ4n) is 5.74. The van der Waals surface area contributed by atoms with Crippen molar-refractivity contribution in [2.45, 2.75) is 51.2 Å². The van der Waals surface area contributed by atoms with Crippen molar-refractivity contribution in [2.75, 3.05) is 13.7 Å². The Morgan fingerprint density at radius 2 is 1.35 bits per heavy atom. The average molecular weight is 627 g/mol. The number of carbonyl (C=O) groups is 2. The number of methoxy groups -OCH3 is 1. The predicted molar refractivity (Wildman–Crippen MR) is 170 cm³/mol. The third kappa shape index (κ3) is 6.73. The molecule has 1 fully saturated rings. The van der Waals surface area contributed by atoms with Gasteiger partial charge in [0.15, 0.2) is 12.3 Å². The van der Waals surface area contributed by atoms with Gasteiger partial charge in [-0.1, -0.05) is 91.0 Å². The van der Waals surface area contributed by atoms with Gasteiger partial charge in [0, 0.05) is 18.2 Å². The molecule has 10 heteroatoms. The number of carbonyl (C=O) groups excluding carboxylic acids is 2. The Morgan fingerprint density at radius 3 is 1.80 bits per heavy atom. The van der Waals surface area contributed by atoms with Crippen LogP contribution in [0.3, 0.4) is 0 Å². The van der Waals surface area contributed by atoms with Gasteiger partial charge < -0.3 is 18.9 Å². The van der Waals surface area contributed by atoms with Crippen molar-refractivity contribution in [3.63, 3.8) is 0 Å². The number of esters is 2. The van der Waals surface area contributed by atoms with Crippen LogP contribution in [-0.2, 0) is 34.1 Å². The minimum absolute atomic E-state index is 0.0709. The molecule has 10 nitrogen and oxygen atoms in total. The molecule has 1 aliphatic heterocycles. The van der Waals surface area contributed by atoms with Crippen molar-refractivity contribution < 1.29 is 28.5 Å². The molecular formula is C36H38N2O8. The Morgan fingerprint density at radius 1 is 0.826 bits per heavy atom. The summed E-state index contributed by atoms with van der Waals surface area (Å²) in [6.07, 6.45) is -2.02. The first-order valence-electron chi connectivity index (χ1n) is 15.1. The molecule has 0 bridgehead atoms. The molecule has 5 rings (SSSR count). The molecule has 3 aromatic carbocycles. The fourth-order valence-corrected chi connectivity index (χ4v) is 5.74.